The molecule has 0 spiro atoms. The molecule has 2 amide bonds. The molecule has 1 fully saturated rings. The molecule has 0 aliphatic carbocycles. The van der Waals surface area contributed by atoms with E-state index in [-0.39, 0.29) is 6.03 Å². The van der Waals surface area contributed by atoms with Gasteiger partial charge in [-0.05, 0) is 25.0 Å². The van der Waals surface area contributed by atoms with Crippen molar-refractivity contribution < 1.29 is 9.63 Å². The summed E-state index contributed by atoms with van der Waals surface area (Å²) in [5.74, 6) is 5.42. The lowest BCUT2D eigenvalue weighted by molar-refractivity contribution is 0.0708. The van der Waals surface area contributed by atoms with Crippen LogP contribution in [0.4, 0.5) is 10.5 Å². The van der Waals surface area contributed by atoms with E-state index in [4.69, 9.17) is 5.90 Å². The molecular weight excluding hydrogens is 230 g/mol. The zero-order valence-electron chi connectivity index (χ0n) is 10.3. The Labute approximate surface area is 107 Å². The second-order valence-electron chi connectivity index (χ2n) is 4.58. The quantitative estimate of drug-likeness (QED) is 0.803. The van der Waals surface area contributed by atoms with Gasteiger partial charge in [0.25, 0.3) is 0 Å². The third-order valence-corrected chi connectivity index (χ3v) is 3.16. The number of carbonyl (C=O) groups excluding carboxylic acids is 1. The van der Waals surface area contributed by atoms with Crippen LogP contribution in [-0.2, 0) is 4.84 Å². The molecule has 1 aliphatic rings. The van der Waals surface area contributed by atoms with Gasteiger partial charge in [0.15, 0.2) is 0 Å². The molecule has 5 nitrogen and oxygen atoms in total. The van der Waals surface area contributed by atoms with Crippen LogP contribution in [-0.4, -0.2) is 30.6 Å². The van der Waals surface area contributed by atoms with E-state index in [1.54, 1.807) is 0 Å². The number of likely N-dealkylation sites (tertiary alicyclic amines) is 1. The number of hydrogen-bond donors (Lipinski definition) is 2. The van der Waals surface area contributed by atoms with Crippen LogP contribution in [0.3, 0.4) is 0 Å². The van der Waals surface area contributed by atoms with E-state index >= 15 is 0 Å². The lowest BCUT2D eigenvalue weighted by Crippen LogP contribution is -2.43. The summed E-state index contributed by atoms with van der Waals surface area (Å²) < 4.78 is 0. The van der Waals surface area contributed by atoms with Crippen LogP contribution in [0.25, 0.3) is 0 Å². The van der Waals surface area contributed by atoms with E-state index in [2.05, 4.69) is 10.2 Å². The number of hydrogen-bond acceptors (Lipinski definition) is 3. The van der Waals surface area contributed by atoms with Crippen LogP contribution >= 0.6 is 0 Å². The molecule has 1 aliphatic heterocycles. The lowest BCUT2D eigenvalue weighted by Gasteiger charge is -2.32. The number of anilines is 1. The first-order valence-corrected chi connectivity index (χ1v) is 6.22. The summed E-state index contributed by atoms with van der Waals surface area (Å²) >= 11 is 0. The normalized spacial score (nSPS) is 19.6. The minimum atomic E-state index is -0.0529. The van der Waals surface area contributed by atoms with Crippen molar-refractivity contribution in [2.24, 2.45) is 11.8 Å². The number of rotatable bonds is 3. The monoisotopic (exact) mass is 249 g/mol. The first-order chi connectivity index (χ1) is 8.79. The molecule has 0 bridgehead atoms. The van der Waals surface area contributed by atoms with Gasteiger partial charge in [-0.15, -0.1) is 0 Å². The summed E-state index contributed by atoms with van der Waals surface area (Å²) in [6.45, 7) is 2.00. The Kier molecular flexibility index (Phi) is 4.55. The molecule has 1 unspecified atom stereocenters. The molecule has 0 aromatic heterocycles. The van der Waals surface area contributed by atoms with Gasteiger partial charge < -0.3 is 15.1 Å². The van der Waals surface area contributed by atoms with E-state index in [1.165, 1.54) is 0 Å². The number of nitrogens with zero attached hydrogens (tertiary/aromatic N) is 1. The maximum Gasteiger partial charge on any atom is 0.321 e. The standard InChI is InChI=1S/C13H19N3O2/c14-18-10-11-5-4-8-16(9-11)13(17)15-12-6-2-1-3-7-12/h1-3,6-7,11H,4-5,8-10,14H2,(H,15,17). The number of urea groups is 1. The van der Waals surface area contributed by atoms with Crippen LogP contribution in [0.1, 0.15) is 12.8 Å². The number of nitrogens with two attached hydrogens (primary N) is 1. The van der Waals surface area contributed by atoms with Crippen LogP contribution in [0.2, 0.25) is 0 Å². The Morgan fingerprint density at radius 2 is 2.22 bits per heavy atom. The van der Waals surface area contributed by atoms with Crippen LogP contribution < -0.4 is 11.2 Å². The minimum absolute atomic E-state index is 0.0529. The van der Waals surface area contributed by atoms with Gasteiger partial charge in [0.1, 0.15) is 0 Å². The second kappa shape index (κ2) is 6.37. The number of nitrogens with one attached hydrogen (secondary N) is 1. The first kappa shape index (κ1) is 12.9. The van der Waals surface area contributed by atoms with Gasteiger partial charge in [-0.1, -0.05) is 18.2 Å². The van der Waals surface area contributed by atoms with Crippen molar-refractivity contribution in [3.8, 4) is 0 Å². The van der Waals surface area contributed by atoms with E-state index in [1.807, 2.05) is 35.2 Å². The molecule has 1 atom stereocenters. The van der Waals surface area contributed by atoms with Crippen molar-refractivity contribution >= 4 is 11.7 Å². The average Bonchev–Trinajstić information content (AvgIpc) is 2.40. The Morgan fingerprint density at radius 1 is 1.44 bits per heavy atom. The van der Waals surface area contributed by atoms with E-state index in [9.17, 15) is 4.79 Å². The molecule has 3 N–H and O–H groups in total. The zero-order valence-corrected chi connectivity index (χ0v) is 10.3. The van der Waals surface area contributed by atoms with Gasteiger partial charge in [-0.25, -0.2) is 10.7 Å². The fraction of sp³-hybridized carbons (Fsp3) is 0.462. The highest BCUT2D eigenvalue weighted by atomic mass is 16.6. The summed E-state index contributed by atoms with van der Waals surface area (Å²) in [6, 6.07) is 9.42. The average molecular weight is 249 g/mol. The maximum absolute atomic E-state index is 12.1. The third-order valence-electron chi connectivity index (χ3n) is 3.16. The lowest BCUT2D eigenvalue weighted by atomic mass is 9.99. The van der Waals surface area contributed by atoms with Crippen molar-refractivity contribution in [3.63, 3.8) is 0 Å². The highest BCUT2D eigenvalue weighted by molar-refractivity contribution is 5.89. The largest absolute Gasteiger partial charge is 0.324 e. The number of piperidine rings is 1. The van der Waals surface area contributed by atoms with Gasteiger partial charge in [0, 0.05) is 24.7 Å². The predicted molar refractivity (Wildman–Crippen MR) is 69.9 cm³/mol. The van der Waals surface area contributed by atoms with Gasteiger partial charge in [0.2, 0.25) is 0 Å². The van der Waals surface area contributed by atoms with Gasteiger partial charge >= 0.3 is 6.03 Å². The molecule has 0 saturated carbocycles. The van der Waals surface area contributed by atoms with Crippen molar-refractivity contribution in [2.45, 2.75) is 12.8 Å². The SMILES string of the molecule is NOCC1CCCN(C(=O)Nc2ccccc2)C1. The third kappa shape index (κ3) is 3.45. The van der Waals surface area contributed by atoms with Crippen LogP contribution in [0.15, 0.2) is 30.3 Å². The van der Waals surface area contributed by atoms with E-state index in [0.717, 1.165) is 25.1 Å². The minimum Gasteiger partial charge on any atom is -0.324 e. The zero-order chi connectivity index (χ0) is 12.8. The molecule has 98 valence electrons. The molecule has 1 heterocycles. The fourth-order valence-corrected chi connectivity index (χ4v) is 2.25. The number of carbonyl (C=O) groups is 1. The smallest absolute Gasteiger partial charge is 0.321 e. The summed E-state index contributed by atoms with van der Waals surface area (Å²) in [5.41, 5.74) is 0.819. The molecule has 18 heavy (non-hydrogen) atoms. The summed E-state index contributed by atoms with van der Waals surface area (Å²) in [7, 11) is 0. The number of para-hydroxylation sites is 1. The summed E-state index contributed by atoms with van der Waals surface area (Å²) in [4.78, 5) is 18.5. The Morgan fingerprint density at radius 3 is 2.94 bits per heavy atom. The Hall–Kier alpha value is -1.59. The highest BCUT2D eigenvalue weighted by Crippen LogP contribution is 2.17. The molecule has 1 saturated heterocycles. The van der Waals surface area contributed by atoms with E-state index in [0.29, 0.717) is 19.1 Å². The Bertz CT molecular complexity index is 381. The van der Waals surface area contributed by atoms with E-state index < -0.39 is 0 Å². The summed E-state index contributed by atoms with van der Waals surface area (Å²) in [6.07, 6.45) is 2.06. The predicted octanol–water partition coefficient (Wildman–Crippen LogP) is 1.82. The fourth-order valence-electron chi connectivity index (χ4n) is 2.25. The topological polar surface area (TPSA) is 67.6 Å². The second-order valence-corrected chi connectivity index (χ2v) is 4.58. The molecule has 0 radical (unpaired) electrons. The highest BCUT2D eigenvalue weighted by Gasteiger charge is 2.23. The molecule has 2 rings (SSSR count). The molecule has 5 heteroatoms. The van der Waals surface area contributed by atoms with Gasteiger partial charge in [-0.3, -0.25) is 0 Å². The molecular formula is C13H19N3O2. The molecule has 1 aromatic rings. The number of amides is 2. The molecule has 1 aromatic carbocycles. The summed E-state index contributed by atoms with van der Waals surface area (Å²) in [5, 5.41) is 2.89. The van der Waals surface area contributed by atoms with Crippen molar-refractivity contribution in [2.75, 3.05) is 25.0 Å². The van der Waals surface area contributed by atoms with Crippen LogP contribution in [0, 0.1) is 5.92 Å². The maximum atomic E-state index is 12.1. The van der Waals surface area contributed by atoms with Crippen molar-refractivity contribution in [3.05, 3.63) is 30.3 Å². The first-order valence-electron chi connectivity index (χ1n) is 6.22. The van der Waals surface area contributed by atoms with Crippen molar-refractivity contribution in [1.82, 2.24) is 4.90 Å². The number of benzene rings is 1. The van der Waals surface area contributed by atoms with Crippen LogP contribution in [0.5, 0.6) is 0 Å². The van der Waals surface area contributed by atoms with Gasteiger partial charge in [0.05, 0.1) is 6.61 Å². The Balaban J connectivity index is 1.88. The van der Waals surface area contributed by atoms with Gasteiger partial charge in [-0.2, -0.15) is 0 Å². The van der Waals surface area contributed by atoms with Crippen molar-refractivity contribution in [1.29, 1.82) is 0 Å².